The predicted octanol–water partition coefficient (Wildman–Crippen LogP) is 3.82. The minimum Gasteiger partial charge on any atom is -0.468 e. The average Bonchev–Trinajstić information content (AvgIpc) is 2.93. The van der Waals surface area contributed by atoms with E-state index in [-0.39, 0.29) is 10.8 Å². The second kappa shape index (κ2) is 4.01. The normalized spacial score (nSPS) is 17.1. The van der Waals surface area contributed by atoms with Gasteiger partial charge in [-0.05, 0) is 12.8 Å². The fraction of sp³-hybridized carbons (Fsp3) is 0.800. The highest BCUT2D eigenvalue weighted by atomic mass is 16.5. The maximum Gasteiger partial charge on any atom is 0.296 e. The Morgan fingerprint density at radius 2 is 1.61 bits per heavy atom. The van der Waals surface area contributed by atoms with Crippen LogP contribution in [0.15, 0.2) is 0 Å². The van der Waals surface area contributed by atoms with Gasteiger partial charge in [0.05, 0.1) is 18.5 Å². The second-order valence-corrected chi connectivity index (χ2v) is 7.40. The Labute approximate surface area is 111 Å². The van der Waals surface area contributed by atoms with E-state index in [0.717, 1.165) is 6.01 Å². The van der Waals surface area contributed by atoms with Gasteiger partial charge in [-0.1, -0.05) is 41.5 Å². The van der Waals surface area contributed by atoms with Crippen molar-refractivity contribution in [2.45, 2.75) is 71.3 Å². The summed E-state index contributed by atoms with van der Waals surface area (Å²) in [6.45, 7) is 13.5. The van der Waals surface area contributed by atoms with Crippen LogP contribution in [0, 0.1) is 0 Å². The Kier molecular flexibility index (Phi) is 2.99. The van der Waals surface area contributed by atoms with Crippen molar-refractivity contribution in [3.05, 3.63) is 11.4 Å². The molecule has 0 amide bonds. The van der Waals surface area contributed by atoms with Gasteiger partial charge >= 0.3 is 0 Å². The molecule has 1 heterocycles. The molecule has 0 atom stereocenters. The summed E-state index contributed by atoms with van der Waals surface area (Å²) < 4.78 is 7.84. The molecule has 18 heavy (non-hydrogen) atoms. The van der Waals surface area contributed by atoms with Crippen LogP contribution in [0.4, 0.5) is 0 Å². The number of imidazole rings is 1. The first-order chi connectivity index (χ1) is 8.16. The van der Waals surface area contributed by atoms with E-state index in [1.54, 1.807) is 7.11 Å². The molecule has 1 saturated carbocycles. The molecule has 3 heteroatoms. The van der Waals surface area contributed by atoms with Crippen LogP contribution in [-0.4, -0.2) is 16.7 Å². The lowest BCUT2D eigenvalue weighted by Gasteiger charge is -2.27. The molecule has 0 spiro atoms. The maximum atomic E-state index is 5.51. The molecule has 1 aromatic rings. The minimum absolute atomic E-state index is 0.0516. The molecule has 0 aliphatic heterocycles. The lowest BCUT2D eigenvalue weighted by atomic mass is 9.82. The van der Waals surface area contributed by atoms with E-state index in [4.69, 9.17) is 9.72 Å². The minimum atomic E-state index is 0.0516. The van der Waals surface area contributed by atoms with E-state index in [1.165, 1.54) is 24.2 Å². The number of hydrogen-bond donors (Lipinski definition) is 0. The second-order valence-electron chi connectivity index (χ2n) is 7.40. The van der Waals surface area contributed by atoms with Crippen molar-refractivity contribution in [3.63, 3.8) is 0 Å². The predicted molar refractivity (Wildman–Crippen MR) is 74.5 cm³/mol. The molecule has 0 unspecified atom stereocenters. The monoisotopic (exact) mass is 250 g/mol. The van der Waals surface area contributed by atoms with Crippen LogP contribution in [0.5, 0.6) is 6.01 Å². The number of aromatic nitrogens is 2. The Bertz CT molecular complexity index is 442. The van der Waals surface area contributed by atoms with Gasteiger partial charge in [0.1, 0.15) is 0 Å². The van der Waals surface area contributed by atoms with Gasteiger partial charge in [0.25, 0.3) is 6.01 Å². The molecule has 0 bridgehead atoms. The molecular formula is C15H26N2O. The lowest BCUT2D eigenvalue weighted by molar-refractivity contribution is 0.349. The molecular weight excluding hydrogens is 224 g/mol. The highest BCUT2D eigenvalue weighted by molar-refractivity contribution is 5.33. The number of rotatable bonds is 2. The Balaban J connectivity index is 2.67. The lowest BCUT2D eigenvalue weighted by Crippen LogP contribution is -2.24. The van der Waals surface area contributed by atoms with E-state index in [1.807, 2.05) is 0 Å². The summed E-state index contributed by atoms with van der Waals surface area (Å²) in [6, 6.07) is 1.38. The smallest absolute Gasteiger partial charge is 0.296 e. The molecule has 1 aliphatic carbocycles. The third kappa shape index (κ3) is 2.27. The van der Waals surface area contributed by atoms with E-state index in [9.17, 15) is 0 Å². The van der Waals surface area contributed by atoms with Crippen LogP contribution in [0.25, 0.3) is 0 Å². The maximum absolute atomic E-state index is 5.51. The average molecular weight is 250 g/mol. The van der Waals surface area contributed by atoms with Crippen molar-refractivity contribution in [2.75, 3.05) is 7.11 Å². The molecule has 1 aromatic heterocycles. The molecule has 1 aliphatic rings. The van der Waals surface area contributed by atoms with Gasteiger partial charge in [0.15, 0.2) is 0 Å². The van der Waals surface area contributed by atoms with E-state index < -0.39 is 0 Å². The molecule has 0 aromatic carbocycles. The third-order valence-corrected chi connectivity index (χ3v) is 3.39. The molecule has 0 saturated heterocycles. The molecule has 1 fully saturated rings. The van der Waals surface area contributed by atoms with E-state index >= 15 is 0 Å². The zero-order valence-corrected chi connectivity index (χ0v) is 12.8. The first-order valence-corrected chi connectivity index (χ1v) is 6.83. The van der Waals surface area contributed by atoms with Crippen molar-refractivity contribution >= 4 is 0 Å². The van der Waals surface area contributed by atoms with Gasteiger partial charge in [-0.2, -0.15) is 4.98 Å². The summed E-state index contributed by atoms with van der Waals surface area (Å²) in [5, 5.41) is 0. The van der Waals surface area contributed by atoms with Crippen molar-refractivity contribution in [2.24, 2.45) is 0 Å². The van der Waals surface area contributed by atoms with Crippen LogP contribution in [0.2, 0.25) is 0 Å². The molecule has 0 radical (unpaired) electrons. The fourth-order valence-electron chi connectivity index (χ4n) is 2.47. The summed E-state index contributed by atoms with van der Waals surface area (Å²) in [5.74, 6) is 0. The van der Waals surface area contributed by atoms with Gasteiger partial charge < -0.3 is 4.74 Å². The first kappa shape index (κ1) is 13.4. The van der Waals surface area contributed by atoms with E-state index in [2.05, 4.69) is 46.1 Å². The summed E-state index contributed by atoms with van der Waals surface area (Å²) >= 11 is 0. The van der Waals surface area contributed by atoms with Crippen LogP contribution in [-0.2, 0) is 10.8 Å². The summed E-state index contributed by atoms with van der Waals surface area (Å²) in [6.07, 6.45) is 2.50. The van der Waals surface area contributed by atoms with Crippen molar-refractivity contribution in [3.8, 4) is 6.01 Å². The third-order valence-electron chi connectivity index (χ3n) is 3.39. The van der Waals surface area contributed by atoms with Crippen LogP contribution in [0.3, 0.4) is 0 Å². The van der Waals surface area contributed by atoms with Gasteiger partial charge in [-0.15, -0.1) is 0 Å². The van der Waals surface area contributed by atoms with Gasteiger partial charge in [0, 0.05) is 16.9 Å². The number of ether oxygens (including phenoxy) is 1. The zero-order valence-electron chi connectivity index (χ0n) is 12.8. The highest BCUT2D eigenvalue weighted by Gasteiger charge is 2.38. The first-order valence-electron chi connectivity index (χ1n) is 6.83. The Morgan fingerprint density at radius 3 is 1.94 bits per heavy atom. The largest absolute Gasteiger partial charge is 0.468 e. The number of nitrogens with zero attached hydrogens (tertiary/aromatic N) is 2. The molecule has 102 valence electrons. The summed E-state index contributed by atoms with van der Waals surface area (Å²) in [4.78, 5) is 4.77. The Hall–Kier alpha value is -0.990. The van der Waals surface area contributed by atoms with Crippen LogP contribution < -0.4 is 4.74 Å². The number of methoxy groups -OCH3 is 1. The fourth-order valence-corrected chi connectivity index (χ4v) is 2.47. The number of hydrogen-bond acceptors (Lipinski definition) is 2. The van der Waals surface area contributed by atoms with Crippen molar-refractivity contribution < 1.29 is 4.74 Å². The molecule has 3 nitrogen and oxygen atoms in total. The topological polar surface area (TPSA) is 27.1 Å². The van der Waals surface area contributed by atoms with Crippen molar-refractivity contribution in [1.29, 1.82) is 0 Å². The molecule has 0 N–H and O–H groups in total. The van der Waals surface area contributed by atoms with Crippen molar-refractivity contribution in [1.82, 2.24) is 9.55 Å². The van der Waals surface area contributed by atoms with E-state index in [0.29, 0.717) is 6.04 Å². The van der Waals surface area contributed by atoms with Gasteiger partial charge in [0.2, 0.25) is 0 Å². The quantitative estimate of drug-likeness (QED) is 0.798. The SMILES string of the molecule is COc1nc(C(C)(C)C)c(C(C)(C)C)n1C1CC1. The standard InChI is InChI=1S/C15H26N2O/c1-14(2,3)11-12(15(4,5)6)17(10-8-9-10)13(16-11)18-7/h10H,8-9H2,1-7H3. The summed E-state index contributed by atoms with van der Waals surface area (Å²) in [7, 11) is 1.72. The zero-order chi connectivity index (χ0) is 13.7. The Morgan fingerprint density at radius 1 is 1.06 bits per heavy atom. The van der Waals surface area contributed by atoms with Crippen LogP contribution >= 0.6 is 0 Å². The van der Waals surface area contributed by atoms with Crippen LogP contribution in [0.1, 0.15) is 71.8 Å². The molecule has 2 rings (SSSR count). The van der Waals surface area contributed by atoms with Gasteiger partial charge in [-0.3, -0.25) is 4.57 Å². The summed E-state index contributed by atoms with van der Waals surface area (Å²) in [5.41, 5.74) is 2.67. The van der Waals surface area contributed by atoms with Gasteiger partial charge in [-0.25, -0.2) is 0 Å². The highest BCUT2D eigenvalue weighted by Crippen LogP contribution is 2.45.